The molecule has 5 heteroatoms. The van der Waals surface area contributed by atoms with E-state index in [1.54, 1.807) is 16.8 Å². The van der Waals surface area contributed by atoms with Gasteiger partial charge < -0.3 is 16.0 Å². The number of primary amides is 1. The Kier molecular flexibility index (Phi) is 2.13. The van der Waals surface area contributed by atoms with Gasteiger partial charge in [0.1, 0.15) is 12.0 Å². The van der Waals surface area contributed by atoms with Gasteiger partial charge in [-0.2, -0.15) is 0 Å². The molecule has 76 valence electrons. The molecular weight excluding hydrogens is 192 g/mol. The predicted octanol–water partition coefficient (Wildman–Crippen LogP) is 0.553. The van der Waals surface area contributed by atoms with Crippen LogP contribution in [0.2, 0.25) is 0 Å². The molecule has 1 heterocycles. The van der Waals surface area contributed by atoms with Gasteiger partial charge in [-0.1, -0.05) is 12.1 Å². The fourth-order valence-corrected chi connectivity index (χ4v) is 1.30. The minimum Gasteiger partial charge on any atom is -0.397 e. The lowest BCUT2D eigenvalue weighted by molar-refractivity contribution is 0.0996. The molecule has 0 spiro atoms. The summed E-state index contributed by atoms with van der Waals surface area (Å²) in [6, 6.07) is 7.31. The van der Waals surface area contributed by atoms with E-state index < -0.39 is 5.91 Å². The molecule has 0 unspecified atom stereocenters. The van der Waals surface area contributed by atoms with Gasteiger partial charge in [-0.25, -0.2) is 4.98 Å². The third-order valence-electron chi connectivity index (χ3n) is 2.05. The lowest BCUT2D eigenvalue weighted by Gasteiger charge is -2.04. The topological polar surface area (TPSA) is 86.9 Å². The summed E-state index contributed by atoms with van der Waals surface area (Å²) >= 11 is 0. The number of hydrogen-bond acceptors (Lipinski definition) is 3. The van der Waals surface area contributed by atoms with E-state index in [-0.39, 0.29) is 5.69 Å². The van der Waals surface area contributed by atoms with E-state index in [0.29, 0.717) is 5.69 Å². The van der Waals surface area contributed by atoms with Crippen LogP contribution in [-0.4, -0.2) is 15.5 Å². The number of nitrogens with zero attached hydrogens (tertiary/aromatic N) is 2. The number of imidazole rings is 1. The van der Waals surface area contributed by atoms with Crippen molar-refractivity contribution >= 4 is 11.6 Å². The molecule has 5 nitrogen and oxygen atoms in total. The van der Waals surface area contributed by atoms with Gasteiger partial charge in [0, 0.05) is 6.20 Å². The normalized spacial score (nSPS) is 10.1. The second-order valence-electron chi connectivity index (χ2n) is 3.09. The molecule has 0 fully saturated rings. The maximum Gasteiger partial charge on any atom is 0.268 e. The number of carbonyl (C=O) groups is 1. The van der Waals surface area contributed by atoms with Crippen molar-refractivity contribution in [1.29, 1.82) is 0 Å². The molecule has 4 N–H and O–H groups in total. The van der Waals surface area contributed by atoms with E-state index >= 15 is 0 Å². The maximum atomic E-state index is 10.8. The van der Waals surface area contributed by atoms with Crippen LogP contribution < -0.4 is 11.5 Å². The number of rotatable bonds is 2. The molecule has 15 heavy (non-hydrogen) atoms. The quantitative estimate of drug-likeness (QED) is 0.697. The van der Waals surface area contributed by atoms with Crippen molar-refractivity contribution in [2.45, 2.75) is 0 Å². The van der Waals surface area contributed by atoms with Gasteiger partial charge in [-0.05, 0) is 12.1 Å². The molecule has 1 aromatic heterocycles. The monoisotopic (exact) mass is 202 g/mol. The van der Waals surface area contributed by atoms with Crippen LogP contribution in [0.1, 0.15) is 10.5 Å². The van der Waals surface area contributed by atoms with E-state index in [2.05, 4.69) is 4.98 Å². The van der Waals surface area contributed by atoms with Crippen LogP contribution in [0.3, 0.4) is 0 Å². The van der Waals surface area contributed by atoms with Gasteiger partial charge in [0.15, 0.2) is 0 Å². The van der Waals surface area contributed by atoms with E-state index in [1.807, 2.05) is 18.2 Å². The third kappa shape index (κ3) is 1.67. The van der Waals surface area contributed by atoms with Crippen molar-refractivity contribution < 1.29 is 4.79 Å². The lowest BCUT2D eigenvalue weighted by Crippen LogP contribution is -2.11. The van der Waals surface area contributed by atoms with Gasteiger partial charge in [0.05, 0.1) is 11.4 Å². The summed E-state index contributed by atoms with van der Waals surface area (Å²) in [5.41, 5.74) is 12.5. The molecule has 2 rings (SSSR count). The SMILES string of the molecule is NC(=O)c1cn(-c2ccccc2N)cn1. The predicted molar refractivity (Wildman–Crippen MR) is 56.5 cm³/mol. The lowest BCUT2D eigenvalue weighted by atomic mass is 10.3. The smallest absolute Gasteiger partial charge is 0.268 e. The van der Waals surface area contributed by atoms with Crippen molar-refractivity contribution in [3.63, 3.8) is 0 Å². The summed E-state index contributed by atoms with van der Waals surface area (Å²) in [6.45, 7) is 0. The Balaban J connectivity index is 2.46. The van der Waals surface area contributed by atoms with Crippen molar-refractivity contribution in [3.8, 4) is 5.69 Å². The van der Waals surface area contributed by atoms with Gasteiger partial charge in [-0.15, -0.1) is 0 Å². The average Bonchev–Trinajstić information content (AvgIpc) is 2.67. The largest absolute Gasteiger partial charge is 0.397 e. The minimum atomic E-state index is -0.553. The highest BCUT2D eigenvalue weighted by molar-refractivity contribution is 5.90. The fraction of sp³-hybridized carbons (Fsp3) is 0. The van der Waals surface area contributed by atoms with Crippen molar-refractivity contribution in [1.82, 2.24) is 9.55 Å². The number of hydrogen-bond donors (Lipinski definition) is 2. The van der Waals surface area contributed by atoms with Gasteiger partial charge in [0.2, 0.25) is 0 Å². The van der Waals surface area contributed by atoms with E-state index in [9.17, 15) is 4.79 Å². The Morgan fingerprint density at radius 1 is 1.33 bits per heavy atom. The molecule has 1 aromatic carbocycles. The Bertz CT molecular complexity index is 504. The zero-order chi connectivity index (χ0) is 10.8. The Morgan fingerprint density at radius 2 is 2.07 bits per heavy atom. The molecule has 0 saturated carbocycles. The molecule has 0 aliphatic carbocycles. The fourth-order valence-electron chi connectivity index (χ4n) is 1.30. The minimum absolute atomic E-state index is 0.221. The highest BCUT2D eigenvalue weighted by atomic mass is 16.1. The van der Waals surface area contributed by atoms with Crippen LogP contribution >= 0.6 is 0 Å². The number of carbonyl (C=O) groups excluding carboxylic acids is 1. The molecule has 0 saturated heterocycles. The highest BCUT2D eigenvalue weighted by Gasteiger charge is 2.06. The van der Waals surface area contributed by atoms with Crippen LogP contribution in [0, 0.1) is 0 Å². The summed E-state index contributed by atoms with van der Waals surface area (Å²) in [4.78, 5) is 14.7. The zero-order valence-corrected chi connectivity index (χ0v) is 7.92. The number of para-hydroxylation sites is 2. The number of anilines is 1. The number of aromatic nitrogens is 2. The summed E-state index contributed by atoms with van der Waals surface area (Å²) < 4.78 is 1.66. The van der Waals surface area contributed by atoms with Gasteiger partial charge in [0.25, 0.3) is 5.91 Å². The Morgan fingerprint density at radius 3 is 2.67 bits per heavy atom. The standard InChI is InChI=1S/C10H10N4O/c11-7-3-1-2-4-9(7)14-5-8(10(12)15)13-6-14/h1-6H,11H2,(H2,12,15). The zero-order valence-electron chi connectivity index (χ0n) is 7.92. The summed E-state index contributed by atoms with van der Waals surface area (Å²) in [5, 5.41) is 0. The van der Waals surface area contributed by atoms with Crippen molar-refractivity contribution in [2.24, 2.45) is 5.73 Å². The van der Waals surface area contributed by atoms with E-state index in [4.69, 9.17) is 11.5 Å². The maximum absolute atomic E-state index is 10.8. The van der Waals surface area contributed by atoms with Crippen LogP contribution in [0.4, 0.5) is 5.69 Å². The van der Waals surface area contributed by atoms with Gasteiger partial charge >= 0.3 is 0 Å². The van der Waals surface area contributed by atoms with E-state index in [1.165, 1.54) is 6.33 Å². The van der Waals surface area contributed by atoms with Crippen LogP contribution in [0.15, 0.2) is 36.8 Å². The first-order valence-corrected chi connectivity index (χ1v) is 4.37. The second-order valence-corrected chi connectivity index (χ2v) is 3.09. The summed E-state index contributed by atoms with van der Waals surface area (Å²) in [6.07, 6.45) is 3.06. The first-order valence-electron chi connectivity index (χ1n) is 4.37. The Labute approximate surface area is 86.3 Å². The number of benzene rings is 1. The number of nitrogen functional groups attached to an aromatic ring is 1. The van der Waals surface area contributed by atoms with Crippen molar-refractivity contribution in [3.05, 3.63) is 42.5 Å². The molecule has 0 atom stereocenters. The molecule has 0 aliphatic heterocycles. The molecule has 0 aliphatic rings. The second kappa shape index (κ2) is 3.45. The van der Waals surface area contributed by atoms with Crippen LogP contribution in [0.5, 0.6) is 0 Å². The van der Waals surface area contributed by atoms with Gasteiger partial charge in [-0.3, -0.25) is 4.79 Å². The van der Waals surface area contributed by atoms with Crippen LogP contribution in [-0.2, 0) is 0 Å². The Hall–Kier alpha value is -2.30. The number of amides is 1. The molecule has 0 radical (unpaired) electrons. The highest BCUT2D eigenvalue weighted by Crippen LogP contribution is 2.16. The van der Waals surface area contributed by atoms with Crippen molar-refractivity contribution in [2.75, 3.05) is 5.73 Å². The molecule has 0 bridgehead atoms. The molecule has 2 aromatic rings. The van der Waals surface area contributed by atoms with E-state index in [0.717, 1.165) is 5.69 Å². The summed E-state index contributed by atoms with van der Waals surface area (Å²) in [5.74, 6) is -0.553. The third-order valence-corrected chi connectivity index (χ3v) is 2.05. The average molecular weight is 202 g/mol. The first-order chi connectivity index (χ1) is 7.18. The summed E-state index contributed by atoms with van der Waals surface area (Å²) in [7, 11) is 0. The number of nitrogens with two attached hydrogens (primary N) is 2. The van der Waals surface area contributed by atoms with Crippen LogP contribution in [0.25, 0.3) is 5.69 Å². The molecule has 1 amide bonds. The molecular formula is C10H10N4O. The first kappa shape index (κ1) is 9.26.